The van der Waals surface area contributed by atoms with Crippen LogP contribution in [0.1, 0.15) is 24.0 Å². The number of hydrogen-bond acceptors (Lipinski definition) is 4. The van der Waals surface area contributed by atoms with Crippen LogP contribution in [-0.2, 0) is 22.0 Å². The SMILES string of the molecule is CS(=O)(=O)N1CC[C@@]2(c3ccccc3)CCN(Cc3ccoc3)C[C@H]12. The van der Waals surface area contributed by atoms with E-state index in [0.717, 1.165) is 38.0 Å². The molecular weight excluding hydrogens is 336 g/mol. The van der Waals surface area contributed by atoms with E-state index in [1.165, 1.54) is 11.8 Å². The Balaban J connectivity index is 1.66. The van der Waals surface area contributed by atoms with Gasteiger partial charge in [0.25, 0.3) is 0 Å². The number of furan rings is 1. The van der Waals surface area contributed by atoms with Gasteiger partial charge in [0, 0.05) is 36.7 Å². The summed E-state index contributed by atoms with van der Waals surface area (Å²) in [6, 6.07) is 12.4. The molecule has 1 aromatic heterocycles. The van der Waals surface area contributed by atoms with E-state index < -0.39 is 10.0 Å². The summed E-state index contributed by atoms with van der Waals surface area (Å²) >= 11 is 0. The van der Waals surface area contributed by atoms with Gasteiger partial charge in [0.1, 0.15) is 0 Å². The third-order valence-electron chi connectivity index (χ3n) is 5.83. The van der Waals surface area contributed by atoms with Crippen LogP contribution in [0.4, 0.5) is 0 Å². The van der Waals surface area contributed by atoms with E-state index in [9.17, 15) is 8.42 Å². The number of likely N-dealkylation sites (tertiary alicyclic amines) is 1. The monoisotopic (exact) mass is 360 g/mol. The van der Waals surface area contributed by atoms with Crippen molar-refractivity contribution in [2.75, 3.05) is 25.9 Å². The summed E-state index contributed by atoms with van der Waals surface area (Å²) in [5.74, 6) is 0. The van der Waals surface area contributed by atoms with E-state index in [4.69, 9.17) is 4.42 Å². The van der Waals surface area contributed by atoms with Gasteiger partial charge < -0.3 is 4.42 Å². The van der Waals surface area contributed by atoms with Gasteiger partial charge >= 0.3 is 0 Å². The number of sulfonamides is 1. The molecule has 2 atom stereocenters. The van der Waals surface area contributed by atoms with Crippen LogP contribution in [0.3, 0.4) is 0 Å². The minimum atomic E-state index is -3.22. The fraction of sp³-hybridized carbons (Fsp3) is 0.474. The highest BCUT2D eigenvalue weighted by atomic mass is 32.2. The lowest BCUT2D eigenvalue weighted by Crippen LogP contribution is -2.56. The maximum absolute atomic E-state index is 12.4. The largest absolute Gasteiger partial charge is 0.472 e. The zero-order chi connectivity index (χ0) is 17.5. The van der Waals surface area contributed by atoms with E-state index in [-0.39, 0.29) is 11.5 Å². The fourth-order valence-electron chi connectivity index (χ4n) is 4.59. The van der Waals surface area contributed by atoms with Crippen LogP contribution in [0.15, 0.2) is 53.3 Å². The molecule has 2 aliphatic heterocycles. The quantitative estimate of drug-likeness (QED) is 0.840. The first-order chi connectivity index (χ1) is 12.0. The second-order valence-electron chi connectivity index (χ2n) is 7.28. The molecule has 25 heavy (non-hydrogen) atoms. The van der Waals surface area contributed by atoms with Crippen LogP contribution in [-0.4, -0.2) is 49.6 Å². The highest BCUT2D eigenvalue weighted by molar-refractivity contribution is 7.88. The van der Waals surface area contributed by atoms with Crippen molar-refractivity contribution >= 4 is 10.0 Å². The summed E-state index contributed by atoms with van der Waals surface area (Å²) in [5, 5.41) is 0. The van der Waals surface area contributed by atoms with E-state index in [1.807, 2.05) is 12.1 Å². The Morgan fingerprint density at radius 2 is 1.92 bits per heavy atom. The zero-order valence-corrected chi connectivity index (χ0v) is 15.3. The van der Waals surface area contributed by atoms with Crippen LogP contribution in [0.2, 0.25) is 0 Å². The first-order valence-electron chi connectivity index (χ1n) is 8.75. The van der Waals surface area contributed by atoms with Crippen LogP contribution in [0.5, 0.6) is 0 Å². The van der Waals surface area contributed by atoms with Gasteiger partial charge in [-0.15, -0.1) is 0 Å². The van der Waals surface area contributed by atoms with Crippen molar-refractivity contribution in [1.82, 2.24) is 9.21 Å². The van der Waals surface area contributed by atoms with Crippen LogP contribution < -0.4 is 0 Å². The van der Waals surface area contributed by atoms with E-state index in [0.29, 0.717) is 6.54 Å². The summed E-state index contributed by atoms with van der Waals surface area (Å²) in [5.41, 5.74) is 2.34. The van der Waals surface area contributed by atoms with E-state index >= 15 is 0 Å². The Kier molecular flexibility index (Phi) is 4.22. The van der Waals surface area contributed by atoms with Crippen LogP contribution >= 0.6 is 0 Å². The van der Waals surface area contributed by atoms with Gasteiger partial charge in [-0.3, -0.25) is 4.90 Å². The molecule has 2 fully saturated rings. The average molecular weight is 360 g/mol. The Hall–Kier alpha value is -1.63. The zero-order valence-electron chi connectivity index (χ0n) is 14.5. The lowest BCUT2D eigenvalue weighted by atomic mass is 9.69. The van der Waals surface area contributed by atoms with Crippen molar-refractivity contribution in [3.63, 3.8) is 0 Å². The molecule has 2 aliphatic rings. The van der Waals surface area contributed by atoms with Gasteiger partial charge in [0.2, 0.25) is 10.0 Å². The van der Waals surface area contributed by atoms with Crippen LogP contribution in [0.25, 0.3) is 0 Å². The minimum absolute atomic E-state index is 0.00875. The second-order valence-corrected chi connectivity index (χ2v) is 9.21. The number of hydrogen-bond donors (Lipinski definition) is 0. The highest BCUT2D eigenvalue weighted by Crippen LogP contribution is 2.46. The molecule has 2 saturated heterocycles. The molecular formula is C19H24N2O3S. The van der Waals surface area contributed by atoms with E-state index in [2.05, 4.69) is 29.2 Å². The van der Waals surface area contributed by atoms with Crippen molar-refractivity contribution in [1.29, 1.82) is 0 Å². The Morgan fingerprint density at radius 1 is 1.16 bits per heavy atom. The molecule has 3 heterocycles. The number of piperidine rings is 1. The average Bonchev–Trinajstić information content (AvgIpc) is 3.23. The molecule has 6 heteroatoms. The molecule has 0 aliphatic carbocycles. The molecule has 0 saturated carbocycles. The molecule has 2 aromatic rings. The van der Waals surface area contributed by atoms with Gasteiger partial charge in [0.15, 0.2) is 0 Å². The molecule has 0 unspecified atom stereocenters. The fourth-order valence-corrected chi connectivity index (χ4v) is 5.74. The lowest BCUT2D eigenvalue weighted by Gasteiger charge is -2.46. The van der Waals surface area contributed by atoms with Gasteiger partial charge in [-0.1, -0.05) is 30.3 Å². The maximum atomic E-state index is 12.4. The molecule has 0 amide bonds. The third-order valence-corrected chi connectivity index (χ3v) is 7.12. The van der Waals surface area contributed by atoms with Crippen molar-refractivity contribution in [3.05, 3.63) is 60.1 Å². The molecule has 0 radical (unpaired) electrons. The Labute approximate surface area is 149 Å². The predicted molar refractivity (Wildman–Crippen MR) is 96.7 cm³/mol. The predicted octanol–water partition coefficient (Wildman–Crippen LogP) is 2.46. The van der Waals surface area contributed by atoms with Crippen molar-refractivity contribution in [3.8, 4) is 0 Å². The van der Waals surface area contributed by atoms with Gasteiger partial charge in [0.05, 0.1) is 18.8 Å². The summed E-state index contributed by atoms with van der Waals surface area (Å²) in [7, 11) is -3.22. The Bertz CT molecular complexity index is 820. The van der Waals surface area contributed by atoms with Gasteiger partial charge in [-0.25, -0.2) is 8.42 Å². The number of benzene rings is 1. The molecule has 5 nitrogen and oxygen atoms in total. The smallest absolute Gasteiger partial charge is 0.211 e. The first kappa shape index (κ1) is 16.8. The molecule has 1 aromatic carbocycles. The Morgan fingerprint density at radius 3 is 2.60 bits per heavy atom. The summed E-state index contributed by atoms with van der Waals surface area (Å²) in [6.07, 6.45) is 6.66. The molecule has 4 rings (SSSR count). The minimum Gasteiger partial charge on any atom is -0.472 e. The number of rotatable bonds is 4. The summed E-state index contributed by atoms with van der Waals surface area (Å²) in [4.78, 5) is 2.35. The molecule has 0 spiro atoms. The van der Waals surface area contributed by atoms with Crippen LogP contribution in [0, 0.1) is 0 Å². The van der Waals surface area contributed by atoms with Crippen molar-refractivity contribution < 1.29 is 12.8 Å². The number of nitrogens with zero attached hydrogens (tertiary/aromatic N) is 2. The topological polar surface area (TPSA) is 53.8 Å². The second kappa shape index (κ2) is 6.27. The third kappa shape index (κ3) is 3.03. The summed E-state index contributed by atoms with van der Waals surface area (Å²) in [6.45, 7) is 3.13. The van der Waals surface area contributed by atoms with E-state index in [1.54, 1.807) is 16.8 Å². The lowest BCUT2D eigenvalue weighted by molar-refractivity contribution is 0.110. The highest BCUT2D eigenvalue weighted by Gasteiger charge is 2.53. The number of fused-ring (bicyclic) bond motifs is 1. The molecule has 0 N–H and O–H groups in total. The van der Waals surface area contributed by atoms with Crippen molar-refractivity contribution in [2.24, 2.45) is 0 Å². The summed E-state index contributed by atoms with van der Waals surface area (Å²) < 4.78 is 31.7. The standard InChI is InChI=1S/C19H24N2O3S/c1-25(22,23)21-11-9-19(17-5-3-2-4-6-17)8-10-20(14-18(19)21)13-16-7-12-24-15-16/h2-7,12,15,18H,8-11,13-14H2,1H3/t18-,19+/m0/s1. The normalized spacial score (nSPS) is 28.1. The molecule has 0 bridgehead atoms. The maximum Gasteiger partial charge on any atom is 0.211 e. The van der Waals surface area contributed by atoms with Gasteiger partial charge in [-0.05, 0) is 31.0 Å². The first-order valence-corrected chi connectivity index (χ1v) is 10.6. The van der Waals surface area contributed by atoms with Crippen molar-refractivity contribution in [2.45, 2.75) is 30.8 Å². The molecule has 134 valence electrons. The van der Waals surface area contributed by atoms with Gasteiger partial charge in [-0.2, -0.15) is 4.31 Å².